The van der Waals surface area contributed by atoms with E-state index < -0.39 is 0 Å². The number of halogens is 1. The first-order valence-electron chi connectivity index (χ1n) is 8.38. The third kappa shape index (κ3) is 5.36. The van der Waals surface area contributed by atoms with Crippen LogP contribution < -0.4 is 4.74 Å². The van der Waals surface area contributed by atoms with E-state index in [4.69, 9.17) is 4.74 Å². The van der Waals surface area contributed by atoms with Crippen molar-refractivity contribution in [3.63, 3.8) is 0 Å². The van der Waals surface area contributed by atoms with E-state index in [0.29, 0.717) is 5.92 Å². The fourth-order valence-corrected chi connectivity index (χ4v) is 2.95. The molecule has 0 saturated carbocycles. The molecule has 1 unspecified atom stereocenters. The lowest BCUT2D eigenvalue weighted by molar-refractivity contribution is 0.291. The summed E-state index contributed by atoms with van der Waals surface area (Å²) in [5.41, 5.74) is 1.28. The average Bonchev–Trinajstić information content (AvgIpc) is 2.58. The van der Waals surface area contributed by atoms with Crippen LogP contribution in [0.5, 0.6) is 11.5 Å². The third-order valence-corrected chi connectivity index (χ3v) is 4.79. The first kappa shape index (κ1) is 18.0. The van der Waals surface area contributed by atoms with Gasteiger partial charge in [0.15, 0.2) is 0 Å². The molecule has 0 spiro atoms. The van der Waals surface area contributed by atoms with Crippen LogP contribution in [0, 0.1) is 0 Å². The molecule has 0 aliphatic carbocycles. The molecule has 2 aromatic rings. The Kier molecular flexibility index (Phi) is 7.13. The number of nitrogens with zero attached hydrogens (tertiary/aromatic N) is 1. The highest BCUT2D eigenvalue weighted by atomic mass is 79.9. The number of hydrogen-bond acceptors (Lipinski definition) is 2. The largest absolute Gasteiger partial charge is 0.457 e. The number of benzene rings is 2. The highest BCUT2D eigenvalue weighted by Gasteiger charge is 2.13. The molecule has 2 rings (SSSR count). The van der Waals surface area contributed by atoms with Gasteiger partial charge in [0, 0.05) is 4.47 Å². The molecule has 2 aromatic carbocycles. The van der Waals surface area contributed by atoms with Crippen LogP contribution in [0.15, 0.2) is 53.0 Å². The van der Waals surface area contributed by atoms with Crippen LogP contribution >= 0.6 is 15.9 Å². The van der Waals surface area contributed by atoms with Crippen molar-refractivity contribution in [3.8, 4) is 11.5 Å². The molecule has 0 bridgehead atoms. The Balaban J connectivity index is 2.08. The minimum absolute atomic E-state index is 0.474. The first-order chi connectivity index (χ1) is 11.1. The molecule has 3 heteroatoms. The van der Waals surface area contributed by atoms with E-state index in [1.54, 1.807) is 0 Å². The average molecular weight is 376 g/mol. The molecule has 0 fully saturated rings. The molecule has 1 atom stereocenters. The van der Waals surface area contributed by atoms with Gasteiger partial charge in [-0.15, -0.1) is 0 Å². The molecular formula is C20H26BrNO. The van der Waals surface area contributed by atoms with Crippen molar-refractivity contribution in [2.75, 3.05) is 19.6 Å². The maximum Gasteiger partial charge on any atom is 0.130 e. The van der Waals surface area contributed by atoms with Crippen LogP contribution in [0.25, 0.3) is 0 Å². The molecule has 0 N–H and O–H groups in total. The highest BCUT2D eigenvalue weighted by Crippen LogP contribution is 2.32. The van der Waals surface area contributed by atoms with Crippen molar-refractivity contribution in [1.29, 1.82) is 0 Å². The zero-order chi connectivity index (χ0) is 16.7. The summed E-state index contributed by atoms with van der Waals surface area (Å²) in [6, 6.07) is 16.4. The smallest absolute Gasteiger partial charge is 0.130 e. The van der Waals surface area contributed by atoms with Gasteiger partial charge in [-0.25, -0.2) is 0 Å². The molecule has 0 aliphatic heterocycles. The Morgan fingerprint density at radius 1 is 1.00 bits per heavy atom. The van der Waals surface area contributed by atoms with E-state index >= 15 is 0 Å². The normalized spacial score (nSPS) is 12.4. The summed E-state index contributed by atoms with van der Waals surface area (Å²) < 4.78 is 7.17. The lowest BCUT2D eigenvalue weighted by Gasteiger charge is -2.22. The van der Waals surface area contributed by atoms with E-state index in [1.807, 2.05) is 30.3 Å². The van der Waals surface area contributed by atoms with Gasteiger partial charge < -0.3 is 9.64 Å². The van der Waals surface area contributed by atoms with Gasteiger partial charge in [0.1, 0.15) is 11.5 Å². The minimum atomic E-state index is 0.474. The molecule has 0 amide bonds. The van der Waals surface area contributed by atoms with Crippen LogP contribution in [0.1, 0.15) is 38.7 Å². The second-order valence-corrected chi connectivity index (χ2v) is 6.73. The summed E-state index contributed by atoms with van der Waals surface area (Å²) in [5, 5.41) is 0. The van der Waals surface area contributed by atoms with E-state index in [0.717, 1.165) is 42.0 Å². The third-order valence-electron chi connectivity index (χ3n) is 4.26. The van der Waals surface area contributed by atoms with E-state index in [1.165, 1.54) is 5.56 Å². The van der Waals surface area contributed by atoms with Crippen LogP contribution in [0.4, 0.5) is 0 Å². The summed E-state index contributed by atoms with van der Waals surface area (Å²) in [4.78, 5) is 2.47. The molecule has 0 aliphatic rings. The number of para-hydroxylation sites is 1. The summed E-state index contributed by atoms with van der Waals surface area (Å²) >= 11 is 3.46. The number of rotatable bonds is 8. The Morgan fingerprint density at radius 3 is 2.30 bits per heavy atom. The van der Waals surface area contributed by atoms with Crippen molar-refractivity contribution in [1.82, 2.24) is 4.90 Å². The molecule has 0 saturated heterocycles. The number of ether oxygens (including phenoxy) is 1. The summed E-state index contributed by atoms with van der Waals surface area (Å²) in [7, 11) is 0. The van der Waals surface area contributed by atoms with Gasteiger partial charge in [0.2, 0.25) is 0 Å². The van der Waals surface area contributed by atoms with Crippen LogP contribution in [0.2, 0.25) is 0 Å². The lowest BCUT2D eigenvalue weighted by atomic mass is 9.96. The van der Waals surface area contributed by atoms with Gasteiger partial charge in [-0.05, 0) is 67.9 Å². The van der Waals surface area contributed by atoms with E-state index in [-0.39, 0.29) is 0 Å². The number of hydrogen-bond donors (Lipinski definition) is 0. The van der Waals surface area contributed by atoms with Crippen molar-refractivity contribution in [2.24, 2.45) is 0 Å². The van der Waals surface area contributed by atoms with Gasteiger partial charge in [-0.2, -0.15) is 0 Å². The van der Waals surface area contributed by atoms with Gasteiger partial charge in [-0.1, -0.05) is 54.9 Å². The summed E-state index contributed by atoms with van der Waals surface area (Å²) in [6.07, 6.45) is 1.14. The quantitative estimate of drug-likeness (QED) is 0.554. The van der Waals surface area contributed by atoms with Crippen LogP contribution in [0.3, 0.4) is 0 Å². The standard InChI is InChI=1S/C20H26BrNO/c1-4-22(5-2)15-14-16(3)19-8-6-7-9-20(19)23-18-12-10-17(21)11-13-18/h6-13,16H,4-5,14-15H2,1-3H3. The zero-order valence-electron chi connectivity index (χ0n) is 14.3. The van der Waals surface area contributed by atoms with Crippen molar-refractivity contribution in [3.05, 3.63) is 58.6 Å². The van der Waals surface area contributed by atoms with Crippen molar-refractivity contribution < 1.29 is 4.74 Å². The molecule has 2 nitrogen and oxygen atoms in total. The Bertz CT molecular complexity index is 593. The Morgan fingerprint density at radius 2 is 1.65 bits per heavy atom. The van der Waals surface area contributed by atoms with Gasteiger partial charge in [0.05, 0.1) is 0 Å². The minimum Gasteiger partial charge on any atom is -0.457 e. The van der Waals surface area contributed by atoms with Gasteiger partial charge in [-0.3, -0.25) is 0 Å². The van der Waals surface area contributed by atoms with Crippen molar-refractivity contribution >= 4 is 15.9 Å². The highest BCUT2D eigenvalue weighted by molar-refractivity contribution is 9.10. The van der Waals surface area contributed by atoms with Gasteiger partial charge in [0.25, 0.3) is 0 Å². The van der Waals surface area contributed by atoms with Gasteiger partial charge >= 0.3 is 0 Å². The molecule has 124 valence electrons. The predicted molar refractivity (Wildman–Crippen MR) is 101 cm³/mol. The summed E-state index contributed by atoms with van der Waals surface area (Å²) in [5.74, 6) is 2.31. The monoisotopic (exact) mass is 375 g/mol. The van der Waals surface area contributed by atoms with Crippen LogP contribution in [-0.4, -0.2) is 24.5 Å². The molecular weight excluding hydrogens is 350 g/mol. The Labute approximate surface area is 148 Å². The summed E-state index contributed by atoms with van der Waals surface area (Å²) in [6.45, 7) is 10.1. The SMILES string of the molecule is CCN(CC)CCC(C)c1ccccc1Oc1ccc(Br)cc1. The maximum absolute atomic E-state index is 6.11. The maximum atomic E-state index is 6.11. The topological polar surface area (TPSA) is 12.5 Å². The molecule has 0 aromatic heterocycles. The molecule has 23 heavy (non-hydrogen) atoms. The molecule has 0 heterocycles. The van der Waals surface area contributed by atoms with Crippen LogP contribution in [-0.2, 0) is 0 Å². The second kappa shape index (κ2) is 9.09. The van der Waals surface area contributed by atoms with E-state index in [2.05, 4.69) is 59.8 Å². The van der Waals surface area contributed by atoms with E-state index in [9.17, 15) is 0 Å². The molecule has 0 radical (unpaired) electrons. The zero-order valence-corrected chi connectivity index (χ0v) is 15.8. The lowest BCUT2D eigenvalue weighted by Crippen LogP contribution is -2.25. The fourth-order valence-electron chi connectivity index (χ4n) is 2.68. The second-order valence-electron chi connectivity index (χ2n) is 5.81. The fraction of sp³-hybridized carbons (Fsp3) is 0.400. The first-order valence-corrected chi connectivity index (χ1v) is 9.18. The predicted octanol–water partition coefficient (Wildman–Crippen LogP) is 6.08. The van der Waals surface area contributed by atoms with Crippen molar-refractivity contribution in [2.45, 2.75) is 33.1 Å². The Hall–Kier alpha value is -1.32.